The quantitative estimate of drug-likeness (QED) is 0.275. The lowest BCUT2D eigenvalue weighted by Crippen LogP contribution is -2.46. The van der Waals surface area contributed by atoms with Crippen molar-refractivity contribution < 1.29 is 19.0 Å². The predicted octanol–water partition coefficient (Wildman–Crippen LogP) is 0.777. The number of methoxy groups -OCH3 is 2. The summed E-state index contributed by atoms with van der Waals surface area (Å²) in [6.45, 7) is 5.61. The van der Waals surface area contributed by atoms with Crippen LogP contribution in [0.2, 0.25) is 0 Å². The molecule has 10 heteroatoms. The zero-order chi connectivity index (χ0) is 21.1. The first-order chi connectivity index (χ1) is 14.0. The Hall–Kier alpha value is -1.79. The van der Waals surface area contributed by atoms with Crippen molar-refractivity contribution in [2.75, 3.05) is 74.3 Å². The second-order valence-corrected chi connectivity index (χ2v) is 6.87. The summed E-state index contributed by atoms with van der Waals surface area (Å²) in [6, 6.07) is 5.64. The number of hydrogen-bond acceptors (Lipinski definition) is 6. The summed E-state index contributed by atoms with van der Waals surface area (Å²) in [6.07, 6.45) is 0. The molecule has 1 saturated heterocycles. The number of aliphatic imine (C=N–C) groups is 1. The van der Waals surface area contributed by atoms with Gasteiger partial charge in [-0.1, -0.05) is 0 Å². The van der Waals surface area contributed by atoms with Crippen molar-refractivity contribution in [2.45, 2.75) is 6.54 Å². The van der Waals surface area contributed by atoms with E-state index in [0.717, 1.165) is 50.7 Å². The molecule has 0 bridgehead atoms. The largest absolute Gasteiger partial charge is 0.497 e. The molecule has 1 aromatic carbocycles. The average Bonchev–Trinajstić information content (AvgIpc) is 2.75. The molecule has 0 saturated carbocycles. The maximum Gasteiger partial charge on any atom is 0.241 e. The van der Waals surface area contributed by atoms with Crippen LogP contribution < -0.4 is 20.1 Å². The van der Waals surface area contributed by atoms with Crippen LogP contribution in [0.4, 0.5) is 0 Å². The van der Waals surface area contributed by atoms with Crippen LogP contribution in [-0.4, -0.2) is 95.9 Å². The molecular weight excluding hydrogens is 501 g/mol. The molecule has 0 radical (unpaired) electrons. The summed E-state index contributed by atoms with van der Waals surface area (Å²) in [5.41, 5.74) is 0.932. The number of nitrogens with one attached hydrogen (secondary N) is 2. The third-order valence-electron chi connectivity index (χ3n) is 4.63. The molecule has 0 aliphatic carbocycles. The predicted molar refractivity (Wildman–Crippen MR) is 128 cm³/mol. The lowest BCUT2D eigenvalue weighted by molar-refractivity contribution is -0.127. The second kappa shape index (κ2) is 14.3. The van der Waals surface area contributed by atoms with Gasteiger partial charge in [0.1, 0.15) is 11.5 Å². The molecule has 1 aliphatic heterocycles. The van der Waals surface area contributed by atoms with Crippen LogP contribution in [-0.2, 0) is 16.1 Å². The van der Waals surface area contributed by atoms with Crippen LogP contribution in [0.15, 0.2) is 23.2 Å². The minimum Gasteiger partial charge on any atom is -0.497 e. The van der Waals surface area contributed by atoms with Crippen molar-refractivity contribution in [3.63, 3.8) is 0 Å². The molecule has 0 atom stereocenters. The van der Waals surface area contributed by atoms with Crippen LogP contribution >= 0.6 is 24.0 Å². The van der Waals surface area contributed by atoms with Gasteiger partial charge in [0.2, 0.25) is 5.91 Å². The molecule has 2 rings (SSSR count). The number of guanidine groups is 1. The normalized spacial score (nSPS) is 14.5. The van der Waals surface area contributed by atoms with Crippen LogP contribution in [0, 0.1) is 0 Å². The van der Waals surface area contributed by atoms with Gasteiger partial charge in [-0.25, -0.2) is 4.99 Å². The minimum atomic E-state index is -0.0188. The van der Waals surface area contributed by atoms with Crippen LogP contribution in [0.3, 0.4) is 0 Å². The molecule has 30 heavy (non-hydrogen) atoms. The number of amides is 1. The van der Waals surface area contributed by atoms with Crippen LogP contribution in [0.5, 0.6) is 11.5 Å². The van der Waals surface area contributed by atoms with E-state index < -0.39 is 0 Å². The fourth-order valence-corrected chi connectivity index (χ4v) is 2.80. The van der Waals surface area contributed by atoms with Crippen molar-refractivity contribution in [2.24, 2.45) is 4.99 Å². The third kappa shape index (κ3) is 8.92. The zero-order valence-electron chi connectivity index (χ0n) is 18.3. The van der Waals surface area contributed by atoms with E-state index in [1.165, 1.54) is 0 Å². The first-order valence-corrected chi connectivity index (χ1v) is 9.77. The first-order valence-electron chi connectivity index (χ1n) is 9.77. The first kappa shape index (κ1) is 26.2. The lowest BCUT2D eigenvalue weighted by Gasteiger charge is -2.26. The SMILES string of the molecule is COc1ccc(CN=C(NCCN2CCOCC2)NCC(=O)N(C)C)c(OC)c1.I. The molecule has 1 amide bonds. The van der Waals surface area contributed by atoms with E-state index in [1.54, 1.807) is 33.2 Å². The summed E-state index contributed by atoms with van der Waals surface area (Å²) < 4.78 is 16.1. The van der Waals surface area contributed by atoms with Gasteiger partial charge in [0.05, 0.1) is 40.5 Å². The Morgan fingerprint density at radius 2 is 1.93 bits per heavy atom. The Balaban J connectivity index is 0.00000450. The molecule has 1 aromatic rings. The van der Waals surface area contributed by atoms with Gasteiger partial charge in [-0.3, -0.25) is 9.69 Å². The maximum atomic E-state index is 11.9. The van der Waals surface area contributed by atoms with Gasteiger partial charge >= 0.3 is 0 Å². The van der Waals surface area contributed by atoms with Crippen molar-refractivity contribution in [1.29, 1.82) is 0 Å². The van der Waals surface area contributed by atoms with E-state index in [4.69, 9.17) is 14.2 Å². The zero-order valence-corrected chi connectivity index (χ0v) is 20.6. The monoisotopic (exact) mass is 535 g/mol. The highest BCUT2D eigenvalue weighted by atomic mass is 127. The highest BCUT2D eigenvalue weighted by Gasteiger charge is 2.11. The standard InChI is InChI=1S/C20H33N5O4.HI/c1-24(2)19(26)15-23-20(21-7-8-25-9-11-29-12-10-25)22-14-16-5-6-17(27-3)13-18(16)28-4;/h5-6,13H,7-12,14-15H2,1-4H3,(H2,21,22,23);1H. The molecule has 0 aromatic heterocycles. The number of likely N-dealkylation sites (N-methyl/N-ethyl adjacent to an activating group) is 1. The topological polar surface area (TPSA) is 87.7 Å². The third-order valence-corrected chi connectivity index (χ3v) is 4.63. The van der Waals surface area contributed by atoms with Gasteiger partial charge in [0.25, 0.3) is 0 Å². The lowest BCUT2D eigenvalue weighted by atomic mass is 10.2. The van der Waals surface area contributed by atoms with Gasteiger partial charge in [-0.2, -0.15) is 0 Å². The van der Waals surface area contributed by atoms with E-state index in [0.29, 0.717) is 18.3 Å². The molecule has 0 spiro atoms. The fraction of sp³-hybridized carbons (Fsp3) is 0.600. The smallest absolute Gasteiger partial charge is 0.241 e. The molecule has 0 unspecified atom stereocenters. The Bertz CT molecular complexity index is 681. The van der Waals surface area contributed by atoms with Crippen LogP contribution in [0.1, 0.15) is 5.56 Å². The average molecular weight is 535 g/mol. The van der Waals surface area contributed by atoms with Crippen LogP contribution in [0.25, 0.3) is 0 Å². The number of ether oxygens (including phenoxy) is 3. The molecule has 1 heterocycles. The summed E-state index contributed by atoms with van der Waals surface area (Å²) in [7, 11) is 6.70. The maximum absolute atomic E-state index is 11.9. The Morgan fingerprint density at radius 1 is 1.20 bits per heavy atom. The van der Waals surface area contributed by atoms with E-state index in [2.05, 4.69) is 20.5 Å². The summed E-state index contributed by atoms with van der Waals surface area (Å²) in [5.74, 6) is 2.01. The molecule has 1 aliphatic rings. The number of halogens is 1. The number of nitrogens with zero attached hydrogens (tertiary/aromatic N) is 3. The molecule has 9 nitrogen and oxygen atoms in total. The van der Waals surface area contributed by atoms with Crippen molar-refractivity contribution in [1.82, 2.24) is 20.4 Å². The minimum absolute atomic E-state index is 0. The van der Waals surface area contributed by atoms with Crippen molar-refractivity contribution in [3.8, 4) is 11.5 Å². The molecular formula is C20H34IN5O4. The van der Waals surface area contributed by atoms with Gasteiger partial charge in [-0.15, -0.1) is 24.0 Å². The van der Waals surface area contributed by atoms with Gasteiger partial charge in [0.15, 0.2) is 5.96 Å². The van der Waals surface area contributed by atoms with Gasteiger partial charge in [-0.05, 0) is 12.1 Å². The van der Waals surface area contributed by atoms with Crippen molar-refractivity contribution in [3.05, 3.63) is 23.8 Å². The molecule has 2 N–H and O–H groups in total. The Morgan fingerprint density at radius 3 is 2.57 bits per heavy atom. The van der Waals surface area contributed by atoms with Gasteiger partial charge < -0.3 is 29.7 Å². The van der Waals surface area contributed by atoms with E-state index >= 15 is 0 Å². The van der Waals surface area contributed by atoms with Crippen molar-refractivity contribution >= 4 is 35.8 Å². The summed E-state index contributed by atoms with van der Waals surface area (Å²) in [5, 5.41) is 6.42. The number of morpholine rings is 1. The number of hydrogen-bond donors (Lipinski definition) is 2. The highest BCUT2D eigenvalue weighted by Crippen LogP contribution is 2.25. The molecule has 1 fully saturated rings. The van der Waals surface area contributed by atoms with E-state index in [1.807, 2.05) is 18.2 Å². The summed E-state index contributed by atoms with van der Waals surface area (Å²) >= 11 is 0. The Kier molecular flexibility index (Phi) is 12.5. The fourth-order valence-electron chi connectivity index (χ4n) is 2.80. The van der Waals surface area contributed by atoms with E-state index in [-0.39, 0.29) is 36.4 Å². The number of carbonyl (C=O) groups is 1. The number of rotatable bonds is 9. The summed E-state index contributed by atoms with van der Waals surface area (Å²) in [4.78, 5) is 20.5. The number of benzene rings is 1. The number of carbonyl (C=O) groups excluding carboxylic acids is 1. The van der Waals surface area contributed by atoms with Gasteiger partial charge in [0, 0.05) is 51.9 Å². The molecule has 170 valence electrons. The Labute approximate surface area is 196 Å². The second-order valence-electron chi connectivity index (χ2n) is 6.87. The highest BCUT2D eigenvalue weighted by molar-refractivity contribution is 14.0. The van der Waals surface area contributed by atoms with E-state index in [9.17, 15) is 4.79 Å².